The van der Waals surface area contributed by atoms with E-state index in [2.05, 4.69) is 12.2 Å². The van der Waals surface area contributed by atoms with E-state index in [4.69, 9.17) is 5.73 Å². The first kappa shape index (κ1) is 12.4. The predicted molar refractivity (Wildman–Crippen MR) is 77.6 cm³/mol. The molecule has 0 radical (unpaired) electrons. The van der Waals surface area contributed by atoms with Crippen LogP contribution < -0.4 is 11.1 Å². The van der Waals surface area contributed by atoms with Gasteiger partial charge in [-0.05, 0) is 37.4 Å². The van der Waals surface area contributed by atoms with Gasteiger partial charge in [0.2, 0.25) is 0 Å². The number of nitrogens with one attached hydrogen (secondary N) is 1. The summed E-state index contributed by atoms with van der Waals surface area (Å²) in [6.45, 7) is 2.14. The number of carbonyl (C=O) groups is 1. The fraction of sp³-hybridized carbons (Fsp3) is 0.615. The van der Waals surface area contributed by atoms with Gasteiger partial charge in [0, 0.05) is 11.6 Å². The minimum absolute atomic E-state index is 0.0323. The number of rotatable bonds is 5. The average molecular weight is 282 g/mol. The van der Waals surface area contributed by atoms with Crippen LogP contribution in [0.4, 0.5) is 5.69 Å². The van der Waals surface area contributed by atoms with Gasteiger partial charge >= 0.3 is 0 Å². The van der Waals surface area contributed by atoms with Crippen LogP contribution in [0.3, 0.4) is 0 Å². The molecule has 2 aliphatic rings. The largest absolute Gasteiger partial charge is 0.397 e. The molecule has 0 atom stereocenters. The third kappa shape index (κ3) is 2.38. The highest BCUT2D eigenvalue weighted by Gasteiger charge is 2.33. The summed E-state index contributed by atoms with van der Waals surface area (Å²) in [6.07, 6.45) is 4.68. The molecule has 0 aliphatic heterocycles. The van der Waals surface area contributed by atoms with Crippen molar-refractivity contribution in [2.45, 2.75) is 48.8 Å². The first-order chi connectivity index (χ1) is 8.70. The third-order valence-electron chi connectivity index (χ3n) is 3.33. The second kappa shape index (κ2) is 4.78. The lowest BCUT2D eigenvalue weighted by molar-refractivity contribution is 0.0956. The van der Waals surface area contributed by atoms with Crippen LogP contribution in [-0.2, 0) is 0 Å². The molecular weight excluding hydrogens is 264 g/mol. The van der Waals surface area contributed by atoms with Gasteiger partial charge in [-0.3, -0.25) is 4.79 Å². The van der Waals surface area contributed by atoms with Crippen LogP contribution in [0.15, 0.2) is 4.21 Å². The van der Waals surface area contributed by atoms with Crippen molar-refractivity contribution in [1.82, 2.24) is 5.32 Å². The number of nitrogen functional groups attached to an aromatic ring is 1. The number of nitrogens with two attached hydrogens (primary N) is 1. The van der Waals surface area contributed by atoms with E-state index in [-0.39, 0.29) is 5.91 Å². The van der Waals surface area contributed by atoms with Gasteiger partial charge in [-0.1, -0.05) is 6.92 Å². The zero-order valence-electron chi connectivity index (χ0n) is 10.5. The van der Waals surface area contributed by atoms with E-state index in [0.29, 0.717) is 12.0 Å². The number of hydrogen-bond donors (Lipinski definition) is 2. The topological polar surface area (TPSA) is 55.1 Å². The summed E-state index contributed by atoms with van der Waals surface area (Å²) in [6, 6.07) is 0.394. The zero-order valence-corrected chi connectivity index (χ0v) is 12.1. The molecule has 2 saturated carbocycles. The van der Waals surface area contributed by atoms with Gasteiger partial charge in [-0.2, -0.15) is 0 Å². The second-order valence-electron chi connectivity index (χ2n) is 5.00. The molecule has 0 unspecified atom stereocenters. The van der Waals surface area contributed by atoms with E-state index in [0.717, 1.165) is 29.2 Å². The van der Waals surface area contributed by atoms with Crippen molar-refractivity contribution in [3.63, 3.8) is 0 Å². The van der Waals surface area contributed by atoms with E-state index in [1.54, 1.807) is 11.3 Å². The summed E-state index contributed by atoms with van der Waals surface area (Å²) in [5.41, 5.74) is 8.21. The number of carbonyl (C=O) groups excluding carboxylic acids is 1. The Balaban J connectivity index is 1.88. The van der Waals surface area contributed by atoms with Crippen LogP contribution in [0.5, 0.6) is 0 Å². The first-order valence-electron chi connectivity index (χ1n) is 6.56. The Morgan fingerprint density at radius 2 is 2.17 bits per heavy atom. The summed E-state index contributed by atoms with van der Waals surface area (Å²) >= 11 is 3.40. The van der Waals surface area contributed by atoms with Gasteiger partial charge in [0.05, 0.1) is 9.90 Å². The van der Waals surface area contributed by atoms with Crippen molar-refractivity contribution >= 4 is 34.7 Å². The quantitative estimate of drug-likeness (QED) is 0.815. The molecule has 0 bridgehead atoms. The van der Waals surface area contributed by atoms with Crippen molar-refractivity contribution < 1.29 is 4.79 Å². The first-order valence-corrected chi connectivity index (χ1v) is 8.36. The Morgan fingerprint density at radius 1 is 1.44 bits per heavy atom. The van der Waals surface area contributed by atoms with Crippen molar-refractivity contribution in [2.75, 3.05) is 11.5 Å². The predicted octanol–water partition coefficient (Wildman–Crippen LogP) is 3.21. The summed E-state index contributed by atoms with van der Waals surface area (Å²) in [7, 11) is 0. The molecule has 3 rings (SSSR count). The lowest BCUT2D eigenvalue weighted by atomic mass is 10.1. The van der Waals surface area contributed by atoms with Crippen LogP contribution in [0, 0.1) is 0 Å². The Morgan fingerprint density at radius 3 is 2.72 bits per heavy atom. The zero-order chi connectivity index (χ0) is 12.7. The molecule has 1 aromatic rings. The van der Waals surface area contributed by atoms with Gasteiger partial charge in [0.15, 0.2) is 0 Å². The number of amides is 1. The van der Waals surface area contributed by atoms with Gasteiger partial charge < -0.3 is 11.1 Å². The smallest absolute Gasteiger partial charge is 0.263 e. The summed E-state index contributed by atoms with van der Waals surface area (Å²) < 4.78 is 1.26. The normalized spacial score (nSPS) is 18.9. The van der Waals surface area contributed by atoms with Gasteiger partial charge in [0.25, 0.3) is 5.91 Å². The highest BCUT2D eigenvalue weighted by molar-refractivity contribution is 8.01. The van der Waals surface area contributed by atoms with E-state index < -0.39 is 0 Å². The SMILES string of the molecule is CCSc1sc(C(=O)NC2CC2)c(N)c1C1CC1. The van der Waals surface area contributed by atoms with Crippen molar-refractivity contribution in [2.24, 2.45) is 0 Å². The van der Waals surface area contributed by atoms with Crippen molar-refractivity contribution in [1.29, 1.82) is 0 Å². The maximum absolute atomic E-state index is 12.1. The lowest BCUT2D eigenvalue weighted by Crippen LogP contribution is -2.25. The molecule has 2 aliphatic carbocycles. The molecule has 0 saturated heterocycles. The minimum Gasteiger partial charge on any atom is -0.397 e. The van der Waals surface area contributed by atoms with Crippen LogP contribution in [-0.4, -0.2) is 17.7 Å². The van der Waals surface area contributed by atoms with E-state index in [1.165, 1.54) is 22.6 Å². The number of hydrogen-bond acceptors (Lipinski definition) is 4. The maximum atomic E-state index is 12.1. The molecule has 1 amide bonds. The van der Waals surface area contributed by atoms with Crippen molar-refractivity contribution in [3.8, 4) is 0 Å². The summed E-state index contributed by atoms with van der Waals surface area (Å²) in [5, 5.41) is 3.04. The molecule has 5 heteroatoms. The van der Waals surface area contributed by atoms with Crippen LogP contribution in [0.2, 0.25) is 0 Å². The van der Waals surface area contributed by atoms with Crippen LogP contribution in [0.25, 0.3) is 0 Å². The highest BCUT2D eigenvalue weighted by atomic mass is 32.2. The summed E-state index contributed by atoms with van der Waals surface area (Å²) in [4.78, 5) is 12.9. The minimum atomic E-state index is 0.0323. The fourth-order valence-corrected chi connectivity index (χ4v) is 4.56. The molecular formula is C13H18N2OS2. The van der Waals surface area contributed by atoms with Gasteiger partial charge in [-0.15, -0.1) is 23.1 Å². The number of thioether (sulfide) groups is 1. The Bertz CT molecular complexity index is 476. The molecule has 0 spiro atoms. The van der Waals surface area contributed by atoms with E-state index >= 15 is 0 Å². The highest BCUT2D eigenvalue weighted by Crippen LogP contribution is 2.51. The second-order valence-corrected chi connectivity index (χ2v) is 7.55. The monoisotopic (exact) mass is 282 g/mol. The Labute approximate surface area is 116 Å². The van der Waals surface area contributed by atoms with E-state index in [1.807, 2.05) is 11.8 Å². The summed E-state index contributed by atoms with van der Waals surface area (Å²) in [5.74, 6) is 1.67. The van der Waals surface area contributed by atoms with Crippen LogP contribution >= 0.6 is 23.1 Å². The molecule has 98 valence electrons. The molecule has 3 nitrogen and oxygen atoms in total. The fourth-order valence-electron chi connectivity index (χ4n) is 2.08. The van der Waals surface area contributed by atoms with Gasteiger partial charge in [0.1, 0.15) is 4.88 Å². The number of thiophene rings is 1. The maximum Gasteiger partial charge on any atom is 0.263 e. The van der Waals surface area contributed by atoms with Crippen LogP contribution in [0.1, 0.15) is 53.8 Å². The molecule has 18 heavy (non-hydrogen) atoms. The van der Waals surface area contributed by atoms with Crippen molar-refractivity contribution in [3.05, 3.63) is 10.4 Å². The average Bonchev–Trinajstić information content (AvgIpc) is 3.21. The van der Waals surface area contributed by atoms with E-state index in [9.17, 15) is 4.79 Å². The number of anilines is 1. The molecule has 3 N–H and O–H groups in total. The van der Waals surface area contributed by atoms with Gasteiger partial charge in [-0.25, -0.2) is 0 Å². The third-order valence-corrected chi connectivity index (χ3v) is 5.72. The molecule has 1 aromatic heterocycles. The molecule has 2 fully saturated rings. The Kier molecular flexibility index (Phi) is 3.28. The molecule has 1 heterocycles. The molecule has 0 aromatic carbocycles. The standard InChI is InChI=1S/C13H18N2OS2/c1-2-17-13-9(7-3-4-7)10(14)11(18-13)12(16)15-8-5-6-8/h7-8H,2-6,14H2,1H3,(H,15,16). The lowest BCUT2D eigenvalue weighted by Gasteiger charge is -2.03. The Hall–Kier alpha value is -0.680.